The van der Waals surface area contributed by atoms with Crippen molar-refractivity contribution in [1.82, 2.24) is 9.97 Å². The summed E-state index contributed by atoms with van der Waals surface area (Å²) in [7, 11) is 0. The van der Waals surface area contributed by atoms with Gasteiger partial charge in [-0.05, 0) is 18.2 Å². The van der Waals surface area contributed by atoms with Gasteiger partial charge in [0.2, 0.25) is 5.89 Å². The van der Waals surface area contributed by atoms with Crippen LogP contribution in [0.15, 0.2) is 32.2 Å². The van der Waals surface area contributed by atoms with Gasteiger partial charge < -0.3 is 14.3 Å². The van der Waals surface area contributed by atoms with Crippen LogP contribution in [0.3, 0.4) is 0 Å². The summed E-state index contributed by atoms with van der Waals surface area (Å²) in [5, 5.41) is 9.55. The van der Waals surface area contributed by atoms with Crippen LogP contribution < -0.4 is 16.0 Å². The average Bonchev–Trinajstić information content (AvgIpc) is 2.49. The zero-order valence-electron chi connectivity index (χ0n) is 11.3. The van der Waals surface area contributed by atoms with Gasteiger partial charge in [0.25, 0.3) is 5.56 Å². The molecule has 114 valence electrons. The number of fused-ring (bicyclic) bond motifs is 2. The summed E-state index contributed by atoms with van der Waals surface area (Å²) < 4.78 is 10.9. The highest BCUT2D eigenvalue weighted by Gasteiger charge is 2.17. The van der Waals surface area contributed by atoms with Crippen LogP contribution in [-0.2, 0) is 0 Å². The largest absolute Gasteiger partial charge is 0.492 e. The number of aromatic amines is 1. The monoisotopic (exact) mass is 322 g/mol. The molecule has 0 bridgehead atoms. The molecule has 0 unspecified atom stereocenters. The quantitative estimate of drug-likeness (QED) is 0.555. The van der Waals surface area contributed by atoms with Crippen LogP contribution >= 0.6 is 11.6 Å². The summed E-state index contributed by atoms with van der Waals surface area (Å²) >= 11 is 6.23. The van der Waals surface area contributed by atoms with Crippen LogP contribution in [0.5, 0.6) is 5.75 Å². The summed E-state index contributed by atoms with van der Waals surface area (Å²) in [5.74, 6) is 0.300. The molecule has 0 aromatic heterocycles. The Hall–Kier alpha value is -2.38. The van der Waals surface area contributed by atoms with E-state index in [2.05, 4.69) is 9.97 Å². The molecule has 2 aliphatic heterocycles. The molecule has 8 heteroatoms. The summed E-state index contributed by atoms with van der Waals surface area (Å²) in [5.41, 5.74) is -0.919. The van der Waals surface area contributed by atoms with E-state index in [0.717, 1.165) is 0 Å². The van der Waals surface area contributed by atoms with Crippen molar-refractivity contribution in [2.45, 2.75) is 6.42 Å². The summed E-state index contributed by atoms with van der Waals surface area (Å²) in [6.07, 6.45) is 0.472. The Balaban J connectivity index is 2.18. The van der Waals surface area contributed by atoms with Gasteiger partial charge in [-0.15, -0.1) is 0 Å². The van der Waals surface area contributed by atoms with Crippen LogP contribution in [0.25, 0.3) is 22.4 Å². The lowest BCUT2D eigenvalue weighted by atomic mass is 10.1. The normalized spacial score (nSPS) is 11.2. The number of halogens is 1. The van der Waals surface area contributed by atoms with Crippen LogP contribution in [0.2, 0.25) is 5.02 Å². The lowest BCUT2D eigenvalue weighted by Crippen LogP contribution is -2.24. The van der Waals surface area contributed by atoms with Gasteiger partial charge >= 0.3 is 5.69 Å². The van der Waals surface area contributed by atoms with Gasteiger partial charge in [-0.3, -0.25) is 9.78 Å². The van der Waals surface area contributed by atoms with Crippen LogP contribution in [0.1, 0.15) is 6.42 Å². The predicted molar refractivity (Wildman–Crippen MR) is 79.7 cm³/mol. The smallest absolute Gasteiger partial charge is 0.351 e. The number of aliphatic hydroxyl groups is 1. The first kappa shape index (κ1) is 14.6. The highest BCUT2D eigenvalue weighted by atomic mass is 35.5. The fraction of sp³-hybridized carbons (Fsp3) is 0.214. The van der Waals surface area contributed by atoms with E-state index < -0.39 is 11.2 Å². The van der Waals surface area contributed by atoms with E-state index in [4.69, 9.17) is 25.9 Å². The lowest BCUT2D eigenvalue weighted by Gasteiger charge is -2.10. The molecule has 2 aliphatic rings. The van der Waals surface area contributed by atoms with Crippen LogP contribution in [0, 0.1) is 0 Å². The molecule has 1 aromatic rings. The van der Waals surface area contributed by atoms with Crippen molar-refractivity contribution in [3.63, 3.8) is 0 Å². The maximum absolute atomic E-state index is 11.7. The standard InChI is InChI=1S/C14H11ClN2O5/c15-10-9(21-5-1-4-18)3-2-7-6-8-12(19)16-14(20)17-13(8)22-11(7)10/h2-3,6,18H,1,4-5H2,(H,16,19,20). The van der Waals surface area contributed by atoms with Crippen LogP contribution in [0.4, 0.5) is 0 Å². The number of aliphatic hydroxyl groups excluding tert-OH is 1. The van der Waals surface area contributed by atoms with Crippen molar-refractivity contribution >= 4 is 22.6 Å². The minimum Gasteiger partial charge on any atom is -0.492 e. The SMILES string of the molecule is O=c1nc2oc3c(Cl)c(OCCCO)ccc3cc-2c(=O)[nH]1. The maximum atomic E-state index is 11.7. The summed E-state index contributed by atoms with van der Waals surface area (Å²) in [4.78, 5) is 28.7. The Morgan fingerprint density at radius 1 is 1.36 bits per heavy atom. The molecular weight excluding hydrogens is 312 g/mol. The van der Waals surface area contributed by atoms with E-state index in [-0.39, 0.29) is 28.7 Å². The number of hydrogen-bond donors (Lipinski definition) is 2. The third kappa shape index (κ3) is 2.56. The third-order valence-electron chi connectivity index (χ3n) is 3.05. The van der Waals surface area contributed by atoms with Crippen molar-refractivity contribution in [3.8, 4) is 17.2 Å². The van der Waals surface area contributed by atoms with Crippen molar-refractivity contribution in [2.24, 2.45) is 0 Å². The molecule has 0 spiro atoms. The summed E-state index contributed by atoms with van der Waals surface area (Å²) in [6.45, 7) is 0.317. The number of H-pyrrole nitrogens is 1. The van der Waals surface area contributed by atoms with E-state index in [0.29, 0.717) is 24.2 Å². The first-order chi connectivity index (χ1) is 10.6. The predicted octanol–water partition coefficient (Wildman–Crippen LogP) is 1.40. The Morgan fingerprint density at radius 2 is 2.18 bits per heavy atom. The van der Waals surface area contributed by atoms with Gasteiger partial charge in [-0.1, -0.05) is 11.6 Å². The van der Waals surface area contributed by atoms with Gasteiger partial charge in [0.05, 0.1) is 6.61 Å². The molecule has 0 amide bonds. The second kappa shape index (κ2) is 5.78. The minimum atomic E-state index is -0.785. The molecule has 0 fully saturated rings. The number of hydrogen-bond acceptors (Lipinski definition) is 6. The van der Waals surface area contributed by atoms with E-state index in [1.54, 1.807) is 18.2 Å². The first-order valence-electron chi connectivity index (χ1n) is 6.50. The molecular formula is C14H11ClN2O5. The van der Waals surface area contributed by atoms with Crippen molar-refractivity contribution in [1.29, 1.82) is 0 Å². The summed E-state index contributed by atoms with van der Waals surface area (Å²) in [6, 6.07) is 4.87. The van der Waals surface area contributed by atoms with Crippen molar-refractivity contribution in [3.05, 3.63) is 44.1 Å². The van der Waals surface area contributed by atoms with Crippen LogP contribution in [-0.4, -0.2) is 28.3 Å². The fourth-order valence-electron chi connectivity index (χ4n) is 2.03. The number of ether oxygens (including phenoxy) is 1. The first-order valence-corrected chi connectivity index (χ1v) is 6.88. The molecule has 0 saturated heterocycles. The Kier molecular flexibility index (Phi) is 3.82. The second-order valence-electron chi connectivity index (χ2n) is 4.56. The molecule has 3 rings (SSSR count). The van der Waals surface area contributed by atoms with Crippen molar-refractivity contribution in [2.75, 3.05) is 13.2 Å². The molecule has 2 N–H and O–H groups in total. The van der Waals surface area contributed by atoms with Crippen molar-refractivity contribution < 1.29 is 14.3 Å². The Bertz CT molecular complexity index is 917. The number of aromatic nitrogens is 2. The maximum Gasteiger partial charge on any atom is 0.351 e. The molecule has 22 heavy (non-hydrogen) atoms. The van der Waals surface area contributed by atoms with E-state index in [1.165, 1.54) is 0 Å². The highest BCUT2D eigenvalue weighted by Crippen LogP contribution is 2.35. The van der Waals surface area contributed by atoms with E-state index >= 15 is 0 Å². The lowest BCUT2D eigenvalue weighted by molar-refractivity contribution is 0.233. The number of rotatable bonds is 4. The zero-order chi connectivity index (χ0) is 15.7. The molecule has 1 aromatic carbocycles. The molecule has 0 radical (unpaired) electrons. The third-order valence-corrected chi connectivity index (χ3v) is 3.41. The van der Waals surface area contributed by atoms with Gasteiger partial charge in [0.1, 0.15) is 16.3 Å². The van der Waals surface area contributed by atoms with Gasteiger partial charge in [-0.25, -0.2) is 4.79 Å². The fourth-order valence-corrected chi connectivity index (χ4v) is 2.29. The zero-order valence-corrected chi connectivity index (χ0v) is 12.0. The molecule has 0 saturated carbocycles. The molecule has 0 atom stereocenters. The number of nitrogens with one attached hydrogen (secondary N) is 1. The highest BCUT2D eigenvalue weighted by molar-refractivity contribution is 6.36. The molecule has 0 aliphatic carbocycles. The molecule has 7 nitrogen and oxygen atoms in total. The minimum absolute atomic E-state index is 0.0131. The average molecular weight is 323 g/mol. The van der Waals surface area contributed by atoms with Gasteiger partial charge in [-0.2, -0.15) is 4.98 Å². The second-order valence-corrected chi connectivity index (χ2v) is 4.94. The number of benzene rings is 1. The van der Waals surface area contributed by atoms with E-state index in [1.807, 2.05) is 0 Å². The van der Waals surface area contributed by atoms with E-state index in [9.17, 15) is 9.59 Å². The Labute approximate surface area is 128 Å². The Morgan fingerprint density at radius 3 is 2.95 bits per heavy atom. The van der Waals surface area contributed by atoms with Gasteiger partial charge in [0.15, 0.2) is 5.58 Å². The topological polar surface area (TPSA) is 105 Å². The number of nitrogens with zero attached hydrogens (tertiary/aromatic N) is 1. The van der Waals surface area contributed by atoms with Gasteiger partial charge in [0, 0.05) is 18.4 Å². The molecule has 2 heterocycles.